The van der Waals surface area contributed by atoms with E-state index in [0.717, 1.165) is 0 Å². The Bertz CT molecular complexity index is 907. The highest BCUT2D eigenvalue weighted by molar-refractivity contribution is 5.96. The van der Waals surface area contributed by atoms with Gasteiger partial charge < -0.3 is 32.5 Å². The van der Waals surface area contributed by atoms with Gasteiger partial charge in [-0.3, -0.25) is 19.2 Å². The van der Waals surface area contributed by atoms with Crippen molar-refractivity contribution in [1.82, 2.24) is 16.0 Å². The summed E-state index contributed by atoms with van der Waals surface area (Å²) in [5.74, 6) is -4.41. The summed E-state index contributed by atoms with van der Waals surface area (Å²) in [6, 6.07) is 4.23. The first-order valence-corrected chi connectivity index (χ1v) is 12.1. The molecule has 0 bridgehead atoms. The molecule has 11 nitrogen and oxygen atoms in total. The lowest BCUT2D eigenvalue weighted by molar-refractivity contribution is -0.144. The molecule has 0 heterocycles. The van der Waals surface area contributed by atoms with Gasteiger partial charge in [-0.15, -0.1) is 0 Å². The average molecular weight is 506 g/mol. The third-order valence-electron chi connectivity index (χ3n) is 5.79. The Balaban J connectivity index is 3.15. The molecule has 0 aromatic heterocycles. The largest absolute Gasteiger partial charge is 0.480 e. The van der Waals surface area contributed by atoms with Gasteiger partial charge in [0.15, 0.2) is 0 Å². The van der Waals surface area contributed by atoms with Crippen LogP contribution in [0.25, 0.3) is 0 Å². The second-order valence-electron chi connectivity index (χ2n) is 9.43. The number of carbonyl (C=O) groups is 5. The number of nitrogens with two attached hydrogens (primary N) is 2. The Morgan fingerprint density at radius 1 is 0.889 bits per heavy atom. The van der Waals surface area contributed by atoms with Crippen LogP contribution >= 0.6 is 0 Å². The number of rotatable bonds is 15. The van der Waals surface area contributed by atoms with Gasteiger partial charge in [0.05, 0.1) is 12.5 Å². The van der Waals surface area contributed by atoms with Crippen molar-refractivity contribution in [2.45, 2.75) is 77.5 Å². The summed E-state index contributed by atoms with van der Waals surface area (Å²) in [7, 11) is 0. The van der Waals surface area contributed by atoms with Crippen LogP contribution in [0.5, 0.6) is 0 Å². The fourth-order valence-corrected chi connectivity index (χ4v) is 3.57. The molecule has 1 rings (SSSR count). The maximum Gasteiger partial charge on any atom is 0.326 e. The van der Waals surface area contributed by atoms with Crippen molar-refractivity contribution < 1.29 is 29.1 Å². The number of amides is 4. The highest BCUT2D eigenvalue weighted by Gasteiger charge is 2.32. The first-order chi connectivity index (χ1) is 16.8. The highest BCUT2D eigenvalue weighted by Crippen LogP contribution is 2.10. The summed E-state index contributed by atoms with van der Waals surface area (Å²) in [6.07, 6.45) is 0.421. The Morgan fingerprint density at radius 3 is 1.94 bits per heavy atom. The van der Waals surface area contributed by atoms with Gasteiger partial charge in [0, 0.05) is 6.42 Å². The molecular formula is C25H39N5O6. The fraction of sp³-hybridized carbons (Fsp3) is 0.560. The molecule has 5 atom stereocenters. The van der Waals surface area contributed by atoms with Crippen LogP contribution in [0.1, 0.15) is 52.5 Å². The van der Waals surface area contributed by atoms with Crippen molar-refractivity contribution in [1.29, 1.82) is 0 Å². The summed E-state index contributed by atoms with van der Waals surface area (Å²) >= 11 is 0. The third-order valence-corrected chi connectivity index (χ3v) is 5.79. The molecular weight excluding hydrogens is 466 g/mol. The van der Waals surface area contributed by atoms with E-state index in [2.05, 4.69) is 16.0 Å². The molecule has 0 spiro atoms. The van der Waals surface area contributed by atoms with Gasteiger partial charge in [0.1, 0.15) is 18.1 Å². The second kappa shape index (κ2) is 14.8. The maximum absolute atomic E-state index is 13.1. The van der Waals surface area contributed by atoms with Crippen molar-refractivity contribution in [3.05, 3.63) is 35.9 Å². The van der Waals surface area contributed by atoms with E-state index in [1.54, 1.807) is 44.2 Å². The van der Waals surface area contributed by atoms with Crippen LogP contribution in [0.4, 0.5) is 0 Å². The molecule has 8 N–H and O–H groups in total. The topological polar surface area (TPSA) is 194 Å². The normalized spacial score (nSPS) is 15.2. The molecule has 11 heteroatoms. The number of aliphatic carboxylic acids is 1. The van der Waals surface area contributed by atoms with Gasteiger partial charge >= 0.3 is 5.97 Å². The zero-order chi connectivity index (χ0) is 27.4. The number of carboxylic acid groups (broad SMARTS) is 1. The van der Waals surface area contributed by atoms with E-state index >= 15 is 0 Å². The molecule has 0 fully saturated rings. The highest BCUT2D eigenvalue weighted by atomic mass is 16.4. The Labute approximate surface area is 211 Å². The Hall–Kier alpha value is -3.47. The summed E-state index contributed by atoms with van der Waals surface area (Å²) in [6.45, 7) is 7.27. The molecule has 1 aromatic rings. The standard InChI is InChI=1S/C25H39N5O6/c1-5-15(4)21(25(35)36)30-24(34)18(12-16-9-7-6-8-10-16)29-23(33)19(13-20(27)31)28-22(32)17(26)11-14(2)3/h6-10,14-15,17-19,21H,5,11-13,26H2,1-4H3,(H2,27,31)(H,28,32)(H,29,33)(H,30,34)(H,35,36). The van der Waals surface area contributed by atoms with E-state index in [-0.39, 0.29) is 18.3 Å². The first-order valence-electron chi connectivity index (χ1n) is 12.1. The number of primary amides is 1. The molecule has 0 aliphatic rings. The number of carboxylic acids is 1. The summed E-state index contributed by atoms with van der Waals surface area (Å²) in [4.78, 5) is 62.0. The zero-order valence-corrected chi connectivity index (χ0v) is 21.3. The van der Waals surface area contributed by atoms with Gasteiger partial charge in [-0.05, 0) is 23.8 Å². The van der Waals surface area contributed by atoms with Crippen molar-refractivity contribution in [3.8, 4) is 0 Å². The van der Waals surface area contributed by atoms with Crippen LogP contribution < -0.4 is 27.4 Å². The van der Waals surface area contributed by atoms with Gasteiger partial charge in [-0.25, -0.2) is 4.79 Å². The number of hydrogen-bond acceptors (Lipinski definition) is 6. The Morgan fingerprint density at radius 2 is 1.44 bits per heavy atom. The lowest BCUT2D eigenvalue weighted by Gasteiger charge is -2.26. The van der Waals surface area contributed by atoms with Crippen molar-refractivity contribution in [2.75, 3.05) is 0 Å². The van der Waals surface area contributed by atoms with Crippen molar-refractivity contribution in [3.63, 3.8) is 0 Å². The second-order valence-corrected chi connectivity index (χ2v) is 9.43. The maximum atomic E-state index is 13.1. The molecule has 0 radical (unpaired) electrons. The van der Waals surface area contributed by atoms with Crippen LogP contribution in [0.15, 0.2) is 30.3 Å². The van der Waals surface area contributed by atoms with Crippen LogP contribution in [0.2, 0.25) is 0 Å². The van der Waals surface area contributed by atoms with E-state index in [9.17, 15) is 29.1 Å². The molecule has 0 aliphatic heterocycles. The monoisotopic (exact) mass is 505 g/mol. The van der Waals surface area contributed by atoms with Gasteiger partial charge in [-0.2, -0.15) is 0 Å². The van der Waals surface area contributed by atoms with E-state index < -0.39 is 60.2 Å². The number of nitrogens with one attached hydrogen (secondary N) is 3. The van der Waals surface area contributed by atoms with E-state index in [0.29, 0.717) is 18.4 Å². The predicted molar refractivity (Wildman–Crippen MR) is 134 cm³/mol. The average Bonchev–Trinajstić information content (AvgIpc) is 2.80. The van der Waals surface area contributed by atoms with Crippen molar-refractivity contribution in [2.24, 2.45) is 23.3 Å². The molecule has 0 aliphatic carbocycles. The quantitative estimate of drug-likeness (QED) is 0.194. The number of benzene rings is 1. The SMILES string of the molecule is CCC(C)C(NC(=O)C(Cc1ccccc1)NC(=O)C(CC(N)=O)NC(=O)C(N)CC(C)C)C(=O)O. The van der Waals surface area contributed by atoms with E-state index in [4.69, 9.17) is 11.5 Å². The van der Waals surface area contributed by atoms with Crippen LogP contribution in [0.3, 0.4) is 0 Å². The van der Waals surface area contributed by atoms with Crippen LogP contribution in [-0.2, 0) is 30.4 Å². The Kier molecular flexibility index (Phi) is 12.6. The van der Waals surface area contributed by atoms with Gasteiger partial charge in [-0.1, -0.05) is 64.4 Å². The summed E-state index contributed by atoms with van der Waals surface area (Å²) < 4.78 is 0. The summed E-state index contributed by atoms with van der Waals surface area (Å²) in [5.41, 5.74) is 11.9. The number of hydrogen-bond donors (Lipinski definition) is 6. The van der Waals surface area contributed by atoms with E-state index in [1.807, 2.05) is 13.8 Å². The van der Waals surface area contributed by atoms with Gasteiger partial charge in [0.2, 0.25) is 23.6 Å². The third kappa shape index (κ3) is 10.4. The molecule has 1 aromatic carbocycles. The lowest BCUT2D eigenvalue weighted by atomic mass is 9.98. The molecule has 0 saturated carbocycles. The molecule has 36 heavy (non-hydrogen) atoms. The molecule has 5 unspecified atom stereocenters. The van der Waals surface area contributed by atoms with E-state index in [1.165, 1.54) is 0 Å². The minimum Gasteiger partial charge on any atom is -0.480 e. The molecule has 4 amide bonds. The van der Waals surface area contributed by atoms with Crippen molar-refractivity contribution >= 4 is 29.6 Å². The van der Waals surface area contributed by atoms with Crippen LogP contribution in [-0.4, -0.2) is 58.9 Å². The first kappa shape index (κ1) is 30.6. The predicted octanol–water partition coefficient (Wildman–Crippen LogP) is 0.0630. The fourth-order valence-electron chi connectivity index (χ4n) is 3.57. The van der Waals surface area contributed by atoms with Crippen LogP contribution in [0, 0.1) is 11.8 Å². The molecule has 200 valence electrons. The smallest absolute Gasteiger partial charge is 0.326 e. The summed E-state index contributed by atoms with van der Waals surface area (Å²) in [5, 5.41) is 17.1. The lowest BCUT2D eigenvalue weighted by Crippen LogP contribution is -2.58. The zero-order valence-electron chi connectivity index (χ0n) is 21.3. The minimum absolute atomic E-state index is 0.0510. The van der Waals surface area contributed by atoms with Gasteiger partial charge in [0.25, 0.3) is 0 Å². The molecule has 0 saturated heterocycles. The minimum atomic E-state index is -1.36. The number of carbonyl (C=O) groups excluding carboxylic acids is 4.